The number of fused-ring (bicyclic) bond motifs is 1. The van der Waals surface area contributed by atoms with Gasteiger partial charge in [-0.2, -0.15) is 5.10 Å². The van der Waals surface area contributed by atoms with Crippen molar-refractivity contribution in [1.29, 1.82) is 0 Å². The fourth-order valence-corrected chi connectivity index (χ4v) is 1.88. The smallest absolute Gasteiger partial charge is 0.196 e. The van der Waals surface area contributed by atoms with E-state index in [1.807, 2.05) is 7.05 Å². The summed E-state index contributed by atoms with van der Waals surface area (Å²) in [7, 11) is 1.87. The van der Waals surface area contributed by atoms with Crippen molar-refractivity contribution in [3.8, 4) is 0 Å². The second-order valence-corrected chi connectivity index (χ2v) is 3.97. The average Bonchev–Trinajstić information content (AvgIpc) is 2.86. The summed E-state index contributed by atoms with van der Waals surface area (Å²) in [5, 5.41) is 9.58. The number of hydrogen-bond donors (Lipinski definition) is 4. The Morgan fingerprint density at radius 2 is 2.29 bits per heavy atom. The van der Waals surface area contributed by atoms with Crippen LogP contribution in [0.3, 0.4) is 0 Å². The molecule has 0 spiro atoms. The third-order valence-corrected chi connectivity index (χ3v) is 2.70. The molecule has 1 aliphatic rings. The van der Waals surface area contributed by atoms with E-state index in [1.165, 1.54) is 0 Å². The summed E-state index contributed by atoms with van der Waals surface area (Å²) in [4.78, 5) is 8.47. The lowest BCUT2D eigenvalue weighted by Crippen LogP contribution is -2.44. The van der Waals surface area contributed by atoms with Crippen LogP contribution >= 0.6 is 0 Å². The molecule has 17 heavy (non-hydrogen) atoms. The Labute approximate surface area is 96.7 Å². The number of aromatic amines is 1. The summed E-state index contributed by atoms with van der Waals surface area (Å²) in [6.07, 6.45) is 5.09. The van der Waals surface area contributed by atoms with E-state index in [4.69, 9.17) is 11.5 Å². The molecule has 0 amide bonds. The van der Waals surface area contributed by atoms with Crippen LogP contribution in [0.2, 0.25) is 0 Å². The van der Waals surface area contributed by atoms with E-state index in [0.717, 1.165) is 0 Å². The van der Waals surface area contributed by atoms with Crippen LogP contribution in [0.25, 0.3) is 0 Å². The standard InChI is InChI=1S/C9H12N8/c1-17-3-6(12-4-17)9(11)5-2-13-16-7(5)14-8(10)15-9/h2-4H,11H2,1H3,(H4,10,13,14,15,16). The molecule has 0 bridgehead atoms. The van der Waals surface area contributed by atoms with Gasteiger partial charge in [-0.15, -0.1) is 0 Å². The molecule has 2 aromatic rings. The molecule has 88 valence electrons. The SMILES string of the molecule is Cn1cnc(C2(N)N=C(N)Nc3[nH]ncc32)c1. The van der Waals surface area contributed by atoms with E-state index in [-0.39, 0.29) is 5.96 Å². The van der Waals surface area contributed by atoms with Crippen molar-refractivity contribution in [2.75, 3.05) is 5.32 Å². The predicted molar refractivity (Wildman–Crippen MR) is 62.0 cm³/mol. The topological polar surface area (TPSA) is 123 Å². The Morgan fingerprint density at radius 1 is 1.47 bits per heavy atom. The Balaban J connectivity index is 2.21. The van der Waals surface area contributed by atoms with Crippen LogP contribution in [-0.4, -0.2) is 25.7 Å². The largest absolute Gasteiger partial charge is 0.370 e. The lowest BCUT2D eigenvalue weighted by molar-refractivity contribution is 0.550. The highest BCUT2D eigenvalue weighted by Gasteiger charge is 2.38. The summed E-state index contributed by atoms with van der Waals surface area (Å²) < 4.78 is 1.80. The third-order valence-electron chi connectivity index (χ3n) is 2.70. The molecular formula is C9H12N8. The molecule has 0 fully saturated rings. The maximum absolute atomic E-state index is 6.30. The molecule has 3 rings (SSSR count). The van der Waals surface area contributed by atoms with Gasteiger partial charge in [-0.1, -0.05) is 0 Å². The molecule has 0 aromatic carbocycles. The highest BCUT2D eigenvalue weighted by molar-refractivity contribution is 5.94. The molecule has 2 aromatic heterocycles. The number of H-pyrrole nitrogens is 1. The molecular weight excluding hydrogens is 220 g/mol. The molecule has 0 radical (unpaired) electrons. The Bertz CT molecular complexity index is 594. The Hall–Kier alpha value is -2.35. The van der Waals surface area contributed by atoms with Gasteiger partial charge >= 0.3 is 0 Å². The minimum Gasteiger partial charge on any atom is -0.370 e. The Morgan fingerprint density at radius 3 is 3.00 bits per heavy atom. The summed E-state index contributed by atoms with van der Waals surface area (Å²) >= 11 is 0. The summed E-state index contributed by atoms with van der Waals surface area (Å²) in [5.74, 6) is 0.876. The van der Waals surface area contributed by atoms with Gasteiger partial charge in [0.05, 0.1) is 18.1 Å². The zero-order valence-corrected chi connectivity index (χ0v) is 9.18. The van der Waals surface area contributed by atoms with E-state index in [0.29, 0.717) is 17.1 Å². The van der Waals surface area contributed by atoms with Crippen LogP contribution < -0.4 is 16.8 Å². The zero-order valence-electron chi connectivity index (χ0n) is 9.18. The van der Waals surface area contributed by atoms with Crippen LogP contribution in [0.4, 0.5) is 5.82 Å². The maximum atomic E-state index is 6.30. The number of imidazole rings is 1. The number of anilines is 1. The van der Waals surface area contributed by atoms with Gasteiger partial charge in [0.15, 0.2) is 11.6 Å². The first kappa shape index (κ1) is 9.85. The summed E-state index contributed by atoms with van der Waals surface area (Å²) in [6.45, 7) is 0. The fourth-order valence-electron chi connectivity index (χ4n) is 1.88. The molecule has 6 N–H and O–H groups in total. The lowest BCUT2D eigenvalue weighted by Gasteiger charge is -2.27. The van der Waals surface area contributed by atoms with Gasteiger partial charge in [0.1, 0.15) is 11.5 Å². The van der Waals surface area contributed by atoms with E-state index in [9.17, 15) is 0 Å². The minimum absolute atomic E-state index is 0.231. The van der Waals surface area contributed by atoms with Crippen molar-refractivity contribution in [1.82, 2.24) is 19.7 Å². The molecule has 0 saturated carbocycles. The second kappa shape index (κ2) is 3.08. The van der Waals surface area contributed by atoms with E-state index in [1.54, 1.807) is 23.3 Å². The number of aromatic nitrogens is 4. The van der Waals surface area contributed by atoms with Crippen molar-refractivity contribution in [2.24, 2.45) is 23.5 Å². The van der Waals surface area contributed by atoms with Gasteiger partial charge in [-0.05, 0) is 0 Å². The van der Waals surface area contributed by atoms with Gasteiger partial charge in [-0.3, -0.25) is 10.8 Å². The van der Waals surface area contributed by atoms with Crippen LogP contribution in [-0.2, 0) is 12.7 Å². The van der Waals surface area contributed by atoms with Crippen LogP contribution in [0.15, 0.2) is 23.7 Å². The number of aryl methyl sites for hydroxylation is 1. The predicted octanol–water partition coefficient (Wildman–Crippen LogP) is -0.957. The lowest BCUT2D eigenvalue weighted by atomic mass is 9.99. The third kappa shape index (κ3) is 1.31. The number of aliphatic imine (C=N–C) groups is 1. The number of rotatable bonds is 1. The van der Waals surface area contributed by atoms with Crippen molar-refractivity contribution < 1.29 is 0 Å². The first-order valence-electron chi connectivity index (χ1n) is 5.03. The first-order valence-corrected chi connectivity index (χ1v) is 5.03. The van der Waals surface area contributed by atoms with Crippen LogP contribution in [0.5, 0.6) is 0 Å². The molecule has 1 atom stereocenters. The monoisotopic (exact) mass is 232 g/mol. The van der Waals surface area contributed by atoms with E-state index < -0.39 is 5.66 Å². The van der Waals surface area contributed by atoms with Gasteiger partial charge in [-0.25, -0.2) is 9.98 Å². The average molecular weight is 232 g/mol. The normalized spacial score (nSPS) is 22.8. The van der Waals surface area contributed by atoms with Crippen molar-refractivity contribution in [3.63, 3.8) is 0 Å². The number of nitrogens with zero attached hydrogens (tertiary/aromatic N) is 4. The Kier molecular flexibility index (Phi) is 1.78. The minimum atomic E-state index is -1.10. The van der Waals surface area contributed by atoms with E-state index >= 15 is 0 Å². The second-order valence-electron chi connectivity index (χ2n) is 3.97. The van der Waals surface area contributed by atoms with Gasteiger partial charge in [0.25, 0.3) is 0 Å². The van der Waals surface area contributed by atoms with Crippen molar-refractivity contribution in [3.05, 3.63) is 30.0 Å². The van der Waals surface area contributed by atoms with Crippen LogP contribution in [0.1, 0.15) is 11.3 Å². The molecule has 0 aliphatic carbocycles. The van der Waals surface area contributed by atoms with Crippen LogP contribution in [0, 0.1) is 0 Å². The number of nitrogens with one attached hydrogen (secondary N) is 2. The molecule has 8 heteroatoms. The maximum Gasteiger partial charge on any atom is 0.196 e. The van der Waals surface area contributed by atoms with Crippen molar-refractivity contribution >= 4 is 11.8 Å². The first-order chi connectivity index (χ1) is 8.09. The molecule has 8 nitrogen and oxygen atoms in total. The molecule has 0 saturated heterocycles. The number of nitrogens with two attached hydrogens (primary N) is 2. The number of hydrogen-bond acceptors (Lipinski definition) is 6. The van der Waals surface area contributed by atoms with Gasteiger partial charge < -0.3 is 15.6 Å². The fraction of sp³-hybridized carbons (Fsp3) is 0.222. The number of guanidine groups is 1. The van der Waals surface area contributed by atoms with Gasteiger partial charge in [0.2, 0.25) is 0 Å². The summed E-state index contributed by atoms with van der Waals surface area (Å²) in [5.41, 5.74) is 12.2. The van der Waals surface area contributed by atoms with Crippen molar-refractivity contribution in [2.45, 2.75) is 5.66 Å². The summed E-state index contributed by atoms with van der Waals surface area (Å²) in [6, 6.07) is 0. The highest BCUT2D eigenvalue weighted by Crippen LogP contribution is 2.33. The molecule has 1 aliphatic heterocycles. The van der Waals surface area contributed by atoms with E-state index in [2.05, 4.69) is 25.5 Å². The molecule has 3 heterocycles. The molecule has 1 unspecified atom stereocenters. The highest BCUT2D eigenvalue weighted by atomic mass is 15.3. The quantitative estimate of drug-likeness (QED) is 0.504. The zero-order chi connectivity index (χ0) is 12.0. The van der Waals surface area contributed by atoms with Gasteiger partial charge in [0, 0.05) is 13.2 Å².